The lowest BCUT2D eigenvalue weighted by Gasteiger charge is -2.44. The Morgan fingerprint density at radius 1 is 1.25 bits per heavy atom. The first-order valence-corrected chi connectivity index (χ1v) is 8.72. The zero-order valence-electron chi connectivity index (χ0n) is 14.4. The number of hydrogen-bond donors (Lipinski definition) is 0. The summed E-state index contributed by atoms with van der Waals surface area (Å²) in [7, 11) is 0. The van der Waals surface area contributed by atoms with Crippen LogP contribution < -0.4 is 0 Å². The van der Waals surface area contributed by atoms with Crippen molar-refractivity contribution in [2.45, 2.75) is 38.9 Å². The molecule has 0 aliphatic carbocycles. The van der Waals surface area contributed by atoms with E-state index in [1.165, 1.54) is 16.7 Å². The minimum Gasteiger partial charge on any atom is -0.337 e. The van der Waals surface area contributed by atoms with Gasteiger partial charge in [0.25, 0.3) is 0 Å². The van der Waals surface area contributed by atoms with Crippen LogP contribution in [0, 0.1) is 6.92 Å². The molecular weight excluding hydrogens is 300 g/mol. The highest BCUT2D eigenvalue weighted by Crippen LogP contribution is 2.25. The number of benzene rings is 1. The van der Waals surface area contributed by atoms with Crippen molar-refractivity contribution >= 4 is 5.91 Å². The van der Waals surface area contributed by atoms with Crippen LogP contribution in [0.5, 0.6) is 0 Å². The van der Waals surface area contributed by atoms with Crippen LogP contribution in [0.2, 0.25) is 0 Å². The van der Waals surface area contributed by atoms with E-state index < -0.39 is 0 Å². The Labute approximate surface area is 142 Å². The highest BCUT2D eigenvalue weighted by molar-refractivity contribution is 5.82. The summed E-state index contributed by atoms with van der Waals surface area (Å²) in [5.41, 5.74) is 3.86. The molecular formula is C19H24N4O. The molecule has 0 spiro atoms. The summed E-state index contributed by atoms with van der Waals surface area (Å²) >= 11 is 0. The summed E-state index contributed by atoms with van der Waals surface area (Å²) in [6.45, 7) is 7.47. The van der Waals surface area contributed by atoms with Crippen LogP contribution in [0.1, 0.15) is 29.7 Å². The van der Waals surface area contributed by atoms with Crippen LogP contribution in [0.3, 0.4) is 0 Å². The Hall–Kier alpha value is -2.14. The van der Waals surface area contributed by atoms with E-state index in [0.29, 0.717) is 6.04 Å². The third-order valence-electron chi connectivity index (χ3n) is 5.34. The molecule has 5 nitrogen and oxygen atoms in total. The molecule has 24 heavy (non-hydrogen) atoms. The third-order valence-corrected chi connectivity index (χ3v) is 5.34. The molecule has 0 unspecified atom stereocenters. The molecule has 3 heterocycles. The van der Waals surface area contributed by atoms with Crippen molar-refractivity contribution in [3.8, 4) is 0 Å². The van der Waals surface area contributed by atoms with Crippen molar-refractivity contribution < 1.29 is 4.79 Å². The van der Waals surface area contributed by atoms with E-state index in [2.05, 4.69) is 47.4 Å². The Kier molecular flexibility index (Phi) is 3.88. The number of carbonyl (C=O) groups is 1. The van der Waals surface area contributed by atoms with Crippen molar-refractivity contribution in [1.82, 2.24) is 19.6 Å². The Bertz CT molecular complexity index is 747. The second kappa shape index (κ2) is 6.06. The predicted octanol–water partition coefficient (Wildman–Crippen LogP) is 2.02. The van der Waals surface area contributed by atoms with Gasteiger partial charge in [0.15, 0.2) is 0 Å². The molecule has 1 fully saturated rings. The van der Waals surface area contributed by atoms with Gasteiger partial charge >= 0.3 is 0 Å². The molecule has 4 rings (SSSR count). The number of hydrogen-bond acceptors (Lipinski definition) is 3. The number of amides is 1. The average Bonchev–Trinajstić information content (AvgIpc) is 2.98. The van der Waals surface area contributed by atoms with Gasteiger partial charge in [-0.25, -0.2) is 0 Å². The topological polar surface area (TPSA) is 41.4 Å². The number of carbonyl (C=O) groups excluding carboxylic acids is 1. The maximum absolute atomic E-state index is 12.9. The molecule has 2 aliphatic heterocycles. The molecule has 5 heteroatoms. The SMILES string of the molecule is Cc1cnn(C2CN([C@@H](C)C(=O)N3CCc4ccccc4C3)C2)c1. The van der Waals surface area contributed by atoms with Crippen molar-refractivity contribution in [2.24, 2.45) is 0 Å². The van der Waals surface area contributed by atoms with Gasteiger partial charge in [-0.2, -0.15) is 5.10 Å². The molecule has 0 radical (unpaired) electrons. The van der Waals surface area contributed by atoms with E-state index in [0.717, 1.165) is 32.6 Å². The number of rotatable bonds is 3. The number of likely N-dealkylation sites (tertiary alicyclic amines) is 1. The summed E-state index contributed by atoms with van der Waals surface area (Å²) in [5, 5.41) is 4.39. The van der Waals surface area contributed by atoms with Gasteiger partial charge in [-0.15, -0.1) is 0 Å². The van der Waals surface area contributed by atoms with Crippen LogP contribution in [-0.4, -0.2) is 51.2 Å². The monoisotopic (exact) mass is 324 g/mol. The minimum absolute atomic E-state index is 0.0526. The van der Waals surface area contributed by atoms with Crippen LogP contribution in [0.15, 0.2) is 36.7 Å². The van der Waals surface area contributed by atoms with Crippen molar-refractivity contribution in [2.75, 3.05) is 19.6 Å². The molecule has 2 aromatic rings. The summed E-state index contributed by atoms with van der Waals surface area (Å²) in [5.74, 6) is 0.250. The van der Waals surface area contributed by atoms with Crippen molar-refractivity contribution in [3.05, 3.63) is 53.3 Å². The quantitative estimate of drug-likeness (QED) is 0.867. The van der Waals surface area contributed by atoms with E-state index in [1.807, 2.05) is 22.7 Å². The number of aromatic nitrogens is 2. The highest BCUT2D eigenvalue weighted by atomic mass is 16.2. The second-order valence-corrected chi connectivity index (χ2v) is 7.06. The summed E-state index contributed by atoms with van der Waals surface area (Å²) in [6, 6.07) is 8.80. The lowest BCUT2D eigenvalue weighted by atomic mass is 9.98. The first kappa shape index (κ1) is 15.4. The van der Waals surface area contributed by atoms with Gasteiger partial charge in [0, 0.05) is 32.4 Å². The minimum atomic E-state index is -0.0526. The van der Waals surface area contributed by atoms with Crippen LogP contribution in [0.25, 0.3) is 0 Å². The zero-order valence-corrected chi connectivity index (χ0v) is 14.4. The maximum atomic E-state index is 12.9. The van der Waals surface area contributed by atoms with Gasteiger partial charge < -0.3 is 4.90 Å². The molecule has 1 aromatic carbocycles. The zero-order chi connectivity index (χ0) is 16.7. The lowest BCUT2D eigenvalue weighted by molar-refractivity contribution is -0.140. The lowest BCUT2D eigenvalue weighted by Crippen LogP contribution is -2.57. The van der Waals surface area contributed by atoms with E-state index in [-0.39, 0.29) is 11.9 Å². The van der Waals surface area contributed by atoms with Crippen molar-refractivity contribution in [1.29, 1.82) is 0 Å². The number of nitrogens with zero attached hydrogens (tertiary/aromatic N) is 4. The molecule has 1 aromatic heterocycles. The van der Waals surface area contributed by atoms with E-state index >= 15 is 0 Å². The number of fused-ring (bicyclic) bond motifs is 1. The maximum Gasteiger partial charge on any atom is 0.239 e. The van der Waals surface area contributed by atoms with Gasteiger partial charge in [0.2, 0.25) is 5.91 Å². The van der Waals surface area contributed by atoms with E-state index in [4.69, 9.17) is 0 Å². The number of aryl methyl sites for hydroxylation is 1. The third kappa shape index (κ3) is 2.73. The van der Waals surface area contributed by atoms with Gasteiger partial charge in [-0.3, -0.25) is 14.4 Å². The molecule has 0 bridgehead atoms. The van der Waals surface area contributed by atoms with Crippen LogP contribution in [0.4, 0.5) is 0 Å². The highest BCUT2D eigenvalue weighted by Gasteiger charge is 2.37. The molecule has 0 N–H and O–H groups in total. The summed E-state index contributed by atoms with van der Waals surface area (Å²) in [6.07, 6.45) is 4.93. The predicted molar refractivity (Wildman–Crippen MR) is 92.6 cm³/mol. The van der Waals surface area contributed by atoms with E-state index in [9.17, 15) is 4.79 Å². The molecule has 2 aliphatic rings. The Balaban J connectivity index is 1.36. The van der Waals surface area contributed by atoms with Gasteiger partial charge in [0.05, 0.1) is 18.3 Å². The fourth-order valence-corrected chi connectivity index (χ4v) is 3.71. The molecule has 126 valence electrons. The second-order valence-electron chi connectivity index (χ2n) is 7.06. The smallest absolute Gasteiger partial charge is 0.239 e. The largest absolute Gasteiger partial charge is 0.337 e. The normalized spacial score (nSPS) is 19.7. The molecule has 1 saturated heterocycles. The fourth-order valence-electron chi connectivity index (χ4n) is 3.71. The van der Waals surface area contributed by atoms with Gasteiger partial charge in [-0.05, 0) is 37.0 Å². The van der Waals surface area contributed by atoms with Crippen LogP contribution in [-0.2, 0) is 17.8 Å². The first-order valence-electron chi connectivity index (χ1n) is 8.72. The molecule has 0 saturated carbocycles. The van der Waals surface area contributed by atoms with Crippen LogP contribution >= 0.6 is 0 Å². The van der Waals surface area contributed by atoms with Crippen molar-refractivity contribution in [3.63, 3.8) is 0 Å². The standard InChI is InChI=1S/C19H24N4O/c1-14-9-20-23(10-14)18-12-22(13-18)15(2)19(24)21-8-7-16-5-3-4-6-17(16)11-21/h3-6,9-10,15,18H,7-8,11-13H2,1-2H3/t15-/m0/s1. The molecule has 1 amide bonds. The Morgan fingerprint density at radius 3 is 2.71 bits per heavy atom. The molecule has 1 atom stereocenters. The summed E-state index contributed by atoms with van der Waals surface area (Å²) in [4.78, 5) is 17.1. The Morgan fingerprint density at radius 2 is 2.00 bits per heavy atom. The first-order chi connectivity index (χ1) is 11.6. The van der Waals surface area contributed by atoms with E-state index in [1.54, 1.807) is 0 Å². The fraction of sp³-hybridized carbons (Fsp3) is 0.474. The average molecular weight is 324 g/mol. The summed E-state index contributed by atoms with van der Waals surface area (Å²) < 4.78 is 2.03. The van der Waals surface area contributed by atoms with Gasteiger partial charge in [0.1, 0.15) is 0 Å². The van der Waals surface area contributed by atoms with Gasteiger partial charge in [-0.1, -0.05) is 24.3 Å².